The molecule has 1 atom stereocenters. The number of hydrogen-bond acceptors (Lipinski definition) is 6. The highest BCUT2D eigenvalue weighted by atomic mass is 32.2. The number of aliphatic carboxylic acids is 1. The zero-order chi connectivity index (χ0) is 27.6. The summed E-state index contributed by atoms with van der Waals surface area (Å²) in [6.07, 6.45) is 10.3. The standard InChI is InChI=1S/C31H38N4O3S/c1-22-9-6-7-12-25(22)27-19-24(14-15-26(27)30(36)33-28(31(37)38)16-18-39-2)21-35(29-13-8-17-32-34-29)20-23-10-4-3-5-11-23/h6-9,12-15,17,19,23,28H,3-5,10-11,16,18,20-21H2,1-2H3,(H,33,36)(H,37,38). The molecule has 1 fully saturated rings. The fourth-order valence-electron chi connectivity index (χ4n) is 5.32. The van der Waals surface area contributed by atoms with Crippen molar-refractivity contribution in [3.63, 3.8) is 0 Å². The van der Waals surface area contributed by atoms with Crippen molar-refractivity contribution < 1.29 is 14.7 Å². The van der Waals surface area contributed by atoms with Crippen molar-refractivity contribution in [2.75, 3.05) is 23.5 Å². The van der Waals surface area contributed by atoms with Crippen LogP contribution in [0.4, 0.5) is 5.82 Å². The van der Waals surface area contributed by atoms with Gasteiger partial charge in [-0.05, 0) is 90.6 Å². The Morgan fingerprint density at radius 1 is 1.08 bits per heavy atom. The van der Waals surface area contributed by atoms with Gasteiger partial charge in [-0.15, -0.1) is 5.10 Å². The molecule has 39 heavy (non-hydrogen) atoms. The highest BCUT2D eigenvalue weighted by Gasteiger charge is 2.24. The second-order valence-corrected chi connectivity index (χ2v) is 11.3. The summed E-state index contributed by atoms with van der Waals surface area (Å²) in [7, 11) is 0. The summed E-state index contributed by atoms with van der Waals surface area (Å²) in [6, 6.07) is 16.8. The molecule has 2 N–H and O–H groups in total. The van der Waals surface area contributed by atoms with Gasteiger partial charge < -0.3 is 15.3 Å². The first-order chi connectivity index (χ1) is 19.0. The van der Waals surface area contributed by atoms with Gasteiger partial charge in [-0.3, -0.25) is 4.79 Å². The fourth-order valence-corrected chi connectivity index (χ4v) is 5.79. The third kappa shape index (κ3) is 7.82. The van der Waals surface area contributed by atoms with Crippen LogP contribution in [-0.2, 0) is 11.3 Å². The van der Waals surface area contributed by atoms with Crippen molar-refractivity contribution >= 4 is 29.5 Å². The first-order valence-corrected chi connectivity index (χ1v) is 15.1. The molecular formula is C31H38N4O3S. The molecule has 206 valence electrons. The second-order valence-electron chi connectivity index (χ2n) is 10.3. The van der Waals surface area contributed by atoms with Crippen molar-refractivity contribution in [1.82, 2.24) is 15.5 Å². The highest BCUT2D eigenvalue weighted by Crippen LogP contribution is 2.31. The summed E-state index contributed by atoms with van der Waals surface area (Å²) in [5, 5.41) is 21.0. The number of aryl methyl sites for hydroxylation is 1. The number of carbonyl (C=O) groups is 2. The molecule has 1 aromatic heterocycles. The molecular weight excluding hydrogens is 508 g/mol. The molecule has 1 amide bonds. The Bertz CT molecular complexity index is 1250. The van der Waals surface area contributed by atoms with Gasteiger partial charge in [-0.25, -0.2) is 4.79 Å². The second kappa shape index (κ2) is 14.1. The molecule has 0 aliphatic heterocycles. The molecule has 0 spiro atoms. The van der Waals surface area contributed by atoms with Gasteiger partial charge in [0.2, 0.25) is 0 Å². The van der Waals surface area contributed by atoms with E-state index in [2.05, 4.69) is 26.5 Å². The summed E-state index contributed by atoms with van der Waals surface area (Å²) < 4.78 is 0. The van der Waals surface area contributed by atoms with Crippen molar-refractivity contribution in [2.45, 2.75) is 58.0 Å². The van der Waals surface area contributed by atoms with E-state index in [1.807, 2.05) is 61.7 Å². The lowest BCUT2D eigenvalue weighted by Crippen LogP contribution is -2.41. The molecule has 0 bridgehead atoms. The molecule has 8 heteroatoms. The zero-order valence-electron chi connectivity index (χ0n) is 22.8. The lowest BCUT2D eigenvalue weighted by molar-refractivity contribution is -0.139. The average Bonchev–Trinajstić information content (AvgIpc) is 2.96. The van der Waals surface area contributed by atoms with Crippen molar-refractivity contribution in [2.24, 2.45) is 5.92 Å². The van der Waals surface area contributed by atoms with E-state index < -0.39 is 12.0 Å². The summed E-state index contributed by atoms with van der Waals surface area (Å²) in [5.41, 5.74) is 4.34. The van der Waals surface area contributed by atoms with Crippen LogP contribution < -0.4 is 10.2 Å². The molecule has 0 radical (unpaired) electrons. The molecule has 2 aromatic carbocycles. The number of carbonyl (C=O) groups excluding carboxylic acids is 1. The van der Waals surface area contributed by atoms with E-state index in [1.54, 1.807) is 18.0 Å². The van der Waals surface area contributed by atoms with Crippen LogP contribution in [0.1, 0.15) is 60.0 Å². The smallest absolute Gasteiger partial charge is 0.326 e. The number of amides is 1. The summed E-state index contributed by atoms with van der Waals surface area (Å²) in [5.74, 6) is 0.728. The molecule has 1 aliphatic rings. The minimum Gasteiger partial charge on any atom is -0.480 e. The van der Waals surface area contributed by atoms with E-state index in [1.165, 1.54) is 32.1 Å². The summed E-state index contributed by atoms with van der Waals surface area (Å²) >= 11 is 1.56. The van der Waals surface area contributed by atoms with Gasteiger partial charge in [0, 0.05) is 24.8 Å². The van der Waals surface area contributed by atoms with E-state index >= 15 is 0 Å². The molecule has 1 aliphatic carbocycles. The Balaban J connectivity index is 1.66. The number of nitrogens with one attached hydrogen (secondary N) is 1. The van der Waals surface area contributed by atoms with E-state index in [9.17, 15) is 14.7 Å². The topological polar surface area (TPSA) is 95.4 Å². The maximum absolute atomic E-state index is 13.4. The Morgan fingerprint density at radius 3 is 2.56 bits per heavy atom. The van der Waals surface area contributed by atoms with Crippen molar-refractivity contribution in [3.05, 3.63) is 77.5 Å². The zero-order valence-corrected chi connectivity index (χ0v) is 23.6. The fraction of sp³-hybridized carbons (Fsp3) is 0.419. The minimum absolute atomic E-state index is 0.369. The predicted molar refractivity (Wildman–Crippen MR) is 158 cm³/mol. The van der Waals surface area contributed by atoms with E-state index in [0.29, 0.717) is 30.2 Å². The van der Waals surface area contributed by atoms with Gasteiger partial charge in [0.25, 0.3) is 5.91 Å². The largest absolute Gasteiger partial charge is 0.480 e. The Morgan fingerprint density at radius 2 is 1.87 bits per heavy atom. The quantitative estimate of drug-likeness (QED) is 0.289. The molecule has 4 rings (SSSR count). The lowest BCUT2D eigenvalue weighted by atomic mass is 9.88. The molecule has 1 heterocycles. The van der Waals surface area contributed by atoms with Crippen LogP contribution in [0.5, 0.6) is 0 Å². The van der Waals surface area contributed by atoms with Crippen LogP contribution in [-0.4, -0.2) is 51.8 Å². The Kier molecular flexibility index (Phi) is 10.4. The van der Waals surface area contributed by atoms with Crippen LogP contribution in [0.25, 0.3) is 11.1 Å². The summed E-state index contributed by atoms with van der Waals surface area (Å²) in [6.45, 7) is 3.58. The maximum Gasteiger partial charge on any atom is 0.326 e. The Hall–Kier alpha value is -3.39. The van der Waals surface area contributed by atoms with E-state index in [0.717, 1.165) is 34.6 Å². The molecule has 3 aromatic rings. The average molecular weight is 547 g/mol. The first-order valence-electron chi connectivity index (χ1n) is 13.7. The van der Waals surface area contributed by atoms with Crippen LogP contribution in [0.15, 0.2) is 60.8 Å². The first kappa shape index (κ1) is 28.6. The van der Waals surface area contributed by atoms with Gasteiger partial charge in [0.05, 0.1) is 0 Å². The predicted octanol–water partition coefficient (Wildman–Crippen LogP) is 5.98. The molecule has 1 saturated carbocycles. The van der Waals surface area contributed by atoms with Gasteiger partial charge in [-0.1, -0.05) is 49.6 Å². The number of aromatic nitrogens is 2. The third-order valence-corrected chi connectivity index (χ3v) is 8.08. The van der Waals surface area contributed by atoms with Crippen LogP contribution in [0, 0.1) is 12.8 Å². The van der Waals surface area contributed by atoms with E-state index in [-0.39, 0.29) is 5.91 Å². The van der Waals surface area contributed by atoms with Crippen LogP contribution in [0.2, 0.25) is 0 Å². The van der Waals surface area contributed by atoms with Gasteiger partial charge in [0.1, 0.15) is 6.04 Å². The number of thioether (sulfide) groups is 1. The maximum atomic E-state index is 13.4. The van der Waals surface area contributed by atoms with Crippen molar-refractivity contribution in [3.8, 4) is 11.1 Å². The summed E-state index contributed by atoms with van der Waals surface area (Å²) in [4.78, 5) is 27.5. The number of carboxylic acid groups (broad SMARTS) is 1. The molecule has 7 nitrogen and oxygen atoms in total. The SMILES string of the molecule is CSCCC(NC(=O)c1ccc(CN(CC2CCCCC2)c2cccnn2)cc1-c1ccccc1C)C(=O)O. The van der Waals surface area contributed by atoms with Gasteiger partial charge in [-0.2, -0.15) is 16.9 Å². The number of hydrogen-bond donors (Lipinski definition) is 2. The van der Waals surface area contributed by atoms with Gasteiger partial charge in [0.15, 0.2) is 5.82 Å². The monoisotopic (exact) mass is 546 g/mol. The number of anilines is 1. The highest BCUT2D eigenvalue weighted by molar-refractivity contribution is 7.98. The molecule has 0 saturated heterocycles. The number of rotatable bonds is 12. The Labute approximate surface area is 235 Å². The number of benzene rings is 2. The minimum atomic E-state index is -1.02. The normalized spacial score (nSPS) is 14.5. The third-order valence-electron chi connectivity index (χ3n) is 7.44. The number of nitrogens with zero attached hydrogens (tertiary/aromatic N) is 3. The number of carboxylic acids is 1. The lowest BCUT2D eigenvalue weighted by Gasteiger charge is -2.30. The van der Waals surface area contributed by atoms with E-state index in [4.69, 9.17) is 0 Å². The van der Waals surface area contributed by atoms with Crippen molar-refractivity contribution in [1.29, 1.82) is 0 Å². The van der Waals surface area contributed by atoms with Gasteiger partial charge >= 0.3 is 5.97 Å². The molecule has 1 unspecified atom stereocenters. The van der Waals surface area contributed by atoms with Crippen LogP contribution in [0.3, 0.4) is 0 Å². The van der Waals surface area contributed by atoms with Crippen LogP contribution >= 0.6 is 11.8 Å².